The van der Waals surface area contributed by atoms with Gasteiger partial charge in [-0.3, -0.25) is 24.1 Å². The molecule has 0 saturated carbocycles. The molecule has 0 fully saturated rings. The number of nitrogens with two attached hydrogens (primary N) is 1. The lowest BCUT2D eigenvalue weighted by atomic mass is 9.55. The molecule has 0 aromatic heterocycles. The van der Waals surface area contributed by atoms with Gasteiger partial charge >= 0.3 is 0 Å². The Morgan fingerprint density at radius 3 is 2.15 bits per heavy atom. The Kier molecular flexibility index (Phi) is 9.74. The van der Waals surface area contributed by atoms with E-state index in [-0.39, 0.29) is 33.8 Å². The van der Waals surface area contributed by atoms with E-state index >= 15 is 0 Å². The average Bonchev–Trinajstić information content (AvgIpc) is 2.99. The van der Waals surface area contributed by atoms with Crippen molar-refractivity contribution in [3.63, 3.8) is 0 Å². The molecule has 5 rings (SSSR count). The third kappa shape index (κ3) is 5.33. The number of aliphatic hydroxyl groups excluding tert-OH is 3. The van der Waals surface area contributed by atoms with Crippen LogP contribution in [0.15, 0.2) is 59.1 Å². The lowest BCUT2D eigenvalue weighted by molar-refractivity contribution is -0.162. The molecular weight excluding hydrogens is 744 g/mol. The smallest absolute Gasteiger partial charge is 0.255 e. The third-order valence-corrected chi connectivity index (χ3v) is 10.3. The number of anilines is 2. The Morgan fingerprint density at radius 1 is 1.02 bits per heavy atom. The second kappa shape index (κ2) is 12.7. The topological polar surface area (TPSA) is 214 Å². The zero-order chi connectivity index (χ0) is 34.2. The van der Waals surface area contributed by atoms with Gasteiger partial charge in [0.15, 0.2) is 17.1 Å². The third-order valence-electron chi connectivity index (χ3n) is 9.32. The normalized spacial score (nSPS) is 27.4. The second-order valence-electron chi connectivity index (χ2n) is 12.3. The van der Waals surface area contributed by atoms with E-state index < -0.39 is 92.1 Å². The van der Waals surface area contributed by atoms with Crippen molar-refractivity contribution in [2.45, 2.75) is 35.4 Å². The van der Waals surface area contributed by atoms with Gasteiger partial charge in [-0.25, -0.2) is 0 Å². The van der Waals surface area contributed by atoms with Crippen LogP contribution in [0.4, 0.5) is 11.4 Å². The van der Waals surface area contributed by atoms with Crippen molar-refractivity contribution in [2.75, 3.05) is 38.4 Å². The largest absolute Gasteiger partial charge is 0.510 e. The molecule has 0 bridgehead atoms. The van der Waals surface area contributed by atoms with Crippen molar-refractivity contribution in [2.24, 2.45) is 17.6 Å². The van der Waals surface area contributed by atoms with Gasteiger partial charge in [0.25, 0.3) is 5.91 Å². The van der Waals surface area contributed by atoms with Crippen molar-refractivity contribution < 1.29 is 44.7 Å². The first-order valence-electron chi connectivity index (χ1n) is 14.4. The van der Waals surface area contributed by atoms with Crippen molar-refractivity contribution in [1.82, 2.24) is 4.90 Å². The number of halogens is 2. The van der Waals surface area contributed by atoms with E-state index in [0.29, 0.717) is 5.56 Å². The Hall–Kier alpha value is -3.76. The first-order valence-corrected chi connectivity index (χ1v) is 15.3. The van der Waals surface area contributed by atoms with Gasteiger partial charge in [0, 0.05) is 31.3 Å². The van der Waals surface area contributed by atoms with Gasteiger partial charge in [-0.15, -0.1) is 17.0 Å². The minimum atomic E-state index is -3.02. The molecule has 2 amide bonds. The highest BCUT2D eigenvalue weighted by atomic mass is 79.9. The number of nitrogens with zero attached hydrogens (tertiary/aromatic N) is 2. The Balaban J connectivity index is 0.00000500. The molecule has 0 radical (unpaired) electrons. The summed E-state index contributed by atoms with van der Waals surface area (Å²) in [5.41, 5.74) is 2.25. The predicted molar refractivity (Wildman–Crippen MR) is 181 cm³/mol. The first kappa shape index (κ1) is 36.1. The molecule has 13 nitrogen and oxygen atoms in total. The predicted octanol–water partition coefficient (Wildman–Crippen LogP) is 2.37. The number of Topliss-reactive ketones (excluding diaryl/α,β-unsaturated/α-hetero) is 2. The molecule has 2 aromatic carbocycles. The number of likely N-dealkylation sites (N-methyl/N-ethyl adjacent to an activating group) is 1. The van der Waals surface area contributed by atoms with Crippen LogP contribution in [0.2, 0.25) is 0 Å². The van der Waals surface area contributed by atoms with E-state index in [1.54, 1.807) is 19.1 Å². The highest BCUT2D eigenvalue weighted by molar-refractivity contribution is 9.09. The van der Waals surface area contributed by atoms with Gasteiger partial charge in [0.1, 0.15) is 21.9 Å². The zero-order valence-corrected chi connectivity index (χ0v) is 29.4. The van der Waals surface area contributed by atoms with Gasteiger partial charge < -0.3 is 41.5 Å². The number of benzene rings is 2. The number of hydrogen-bond donors (Lipinski definition) is 7. The van der Waals surface area contributed by atoms with Crippen LogP contribution in [0.5, 0.6) is 5.75 Å². The molecule has 0 heterocycles. The lowest BCUT2D eigenvalue weighted by Crippen LogP contribution is -2.68. The quantitative estimate of drug-likeness (QED) is 0.128. The lowest BCUT2D eigenvalue weighted by Gasteiger charge is -2.53. The summed E-state index contributed by atoms with van der Waals surface area (Å²) in [6, 6.07) is 8.76. The number of hydrogen-bond acceptors (Lipinski definition) is 11. The first-order chi connectivity index (χ1) is 21.5. The molecule has 47 heavy (non-hydrogen) atoms. The molecule has 3 aliphatic carbocycles. The second-order valence-corrected chi connectivity index (χ2v) is 13.2. The van der Waals surface area contributed by atoms with E-state index in [9.17, 15) is 44.7 Å². The molecule has 7 atom stereocenters. The van der Waals surface area contributed by atoms with E-state index in [1.165, 1.54) is 31.1 Å². The van der Waals surface area contributed by atoms with E-state index in [4.69, 9.17) is 5.73 Å². The SMILES string of the molecule is Br.CC1c2ccc(NC(=O)C(Br)c3ccc(N(C)C)cc3)c(O)c2C(=O)C2=C(O)[C@]3(O)C(=O)C(C(N)=O)=C(O)[C@@H](N(C)C)C3C(O)C21. The molecule has 3 aliphatic rings. The maximum Gasteiger partial charge on any atom is 0.255 e. The fourth-order valence-corrected chi connectivity index (χ4v) is 7.43. The maximum absolute atomic E-state index is 14.1. The molecular formula is C32H36Br2N4O9. The number of nitrogens with one attached hydrogen (secondary N) is 1. The minimum absolute atomic E-state index is 0. The highest BCUT2D eigenvalue weighted by Crippen LogP contribution is 2.56. The van der Waals surface area contributed by atoms with E-state index in [1.807, 2.05) is 31.1 Å². The number of amides is 2. The summed E-state index contributed by atoms with van der Waals surface area (Å²) < 4.78 is 0. The number of rotatable bonds is 6. The van der Waals surface area contributed by atoms with E-state index in [0.717, 1.165) is 5.69 Å². The van der Waals surface area contributed by atoms with Crippen LogP contribution in [0, 0.1) is 11.8 Å². The van der Waals surface area contributed by atoms with Gasteiger partial charge in [0.2, 0.25) is 11.7 Å². The number of carbonyl (C=O) groups excluding carboxylic acids is 4. The van der Waals surface area contributed by atoms with Gasteiger partial charge in [-0.1, -0.05) is 41.1 Å². The fourth-order valence-electron chi connectivity index (χ4n) is 7.01. The summed E-state index contributed by atoms with van der Waals surface area (Å²) in [4.78, 5) is 55.4. The number of primary amides is 1. The molecule has 8 N–H and O–H groups in total. The van der Waals surface area contributed by atoms with Gasteiger partial charge in [-0.05, 0) is 49.3 Å². The number of aliphatic hydroxyl groups is 4. The molecule has 0 aliphatic heterocycles. The minimum Gasteiger partial charge on any atom is -0.510 e. The molecule has 0 spiro atoms. The van der Waals surface area contributed by atoms with Crippen LogP contribution in [0.1, 0.15) is 39.2 Å². The standard InChI is InChI=1S/C32H35BrN4O9.BrH/c1-12-15-10-11-16(35-31(45)22(33)13-6-8-14(9-7-13)36(2)3)24(38)18(15)25(39)19-17(12)26(40)21-23(37(4)5)27(41)20(30(34)44)29(43)32(21,46)28(19)42;/h6-12,17,21-23,26,38,40-42,46H,1-5H3,(H2,34,44)(H,35,45);1H/t12?,17?,21?,22?,23-,26?,32-;/m0./s1. The molecule has 252 valence electrons. The molecule has 0 saturated heterocycles. The van der Waals surface area contributed by atoms with E-state index in [2.05, 4.69) is 21.2 Å². The zero-order valence-electron chi connectivity index (χ0n) is 26.1. The molecule has 2 aromatic rings. The van der Waals surface area contributed by atoms with Crippen LogP contribution >= 0.6 is 32.9 Å². The van der Waals surface area contributed by atoms with Crippen molar-refractivity contribution in [3.8, 4) is 5.75 Å². The number of aromatic hydroxyl groups is 1. The average molecular weight is 780 g/mol. The summed E-state index contributed by atoms with van der Waals surface area (Å²) in [5.74, 6) is -10.5. The molecule has 5 unspecified atom stereocenters. The number of phenols is 1. The van der Waals surface area contributed by atoms with Crippen LogP contribution in [0.3, 0.4) is 0 Å². The summed E-state index contributed by atoms with van der Waals surface area (Å²) >= 11 is 3.37. The number of fused-ring (bicyclic) bond motifs is 3. The fraction of sp³-hybridized carbons (Fsp3) is 0.375. The van der Waals surface area contributed by atoms with Crippen LogP contribution in [-0.2, 0) is 14.4 Å². The number of ketones is 2. The van der Waals surface area contributed by atoms with Crippen molar-refractivity contribution in [1.29, 1.82) is 0 Å². The summed E-state index contributed by atoms with van der Waals surface area (Å²) in [6.07, 6.45) is -1.70. The van der Waals surface area contributed by atoms with Crippen LogP contribution in [-0.4, -0.2) is 99.8 Å². The summed E-state index contributed by atoms with van der Waals surface area (Å²) in [5, 5.41) is 59.9. The van der Waals surface area contributed by atoms with Gasteiger partial charge in [-0.2, -0.15) is 0 Å². The number of carbonyl (C=O) groups is 4. The van der Waals surface area contributed by atoms with Gasteiger partial charge in [0.05, 0.1) is 29.3 Å². The Bertz CT molecular complexity index is 1740. The Morgan fingerprint density at radius 2 is 1.62 bits per heavy atom. The monoisotopic (exact) mass is 778 g/mol. The summed E-state index contributed by atoms with van der Waals surface area (Å²) in [6.45, 7) is 1.63. The number of alkyl halides is 1. The number of phenolic OH excluding ortho intramolecular Hbond substituents is 1. The van der Waals surface area contributed by atoms with Crippen LogP contribution in [0.25, 0.3) is 0 Å². The van der Waals surface area contributed by atoms with Crippen molar-refractivity contribution >= 4 is 67.7 Å². The Labute approximate surface area is 289 Å². The van der Waals surface area contributed by atoms with Crippen LogP contribution < -0.4 is 16.0 Å². The highest BCUT2D eigenvalue weighted by Gasteiger charge is 2.67. The molecule has 15 heteroatoms. The van der Waals surface area contributed by atoms with Crippen molar-refractivity contribution in [3.05, 3.63) is 75.8 Å². The maximum atomic E-state index is 14.1. The summed E-state index contributed by atoms with van der Waals surface area (Å²) in [7, 11) is 6.70.